The Bertz CT molecular complexity index is 476. The Hall–Kier alpha value is -1.80. The van der Waals surface area contributed by atoms with Crippen LogP contribution in [0.5, 0.6) is 0 Å². The van der Waals surface area contributed by atoms with Gasteiger partial charge >= 0.3 is 12.1 Å². The Labute approximate surface area is 111 Å². The lowest BCUT2D eigenvalue weighted by atomic mass is 10.2. The van der Waals surface area contributed by atoms with E-state index in [0.717, 1.165) is 6.20 Å². The molecule has 1 rings (SSSR count). The highest BCUT2D eigenvalue weighted by atomic mass is 19.4. The van der Waals surface area contributed by atoms with Crippen molar-refractivity contribution in [2.24, 2.45) is 0 Å². The maximum atomic E-state index is 12.8. The van der Waals surface area contributed by atoms with E-state index in [-0.39, 0.29) is 6.61 Å². The largest absolute Gasteiger partial charge is 0.462 e. The van der Waals surface area contributed by atoms with Gasteiger partial charge in [0.2, 0.25) is 0 Å². The topological polar surface area (TPSA) is 52.1 Å². The number of carbonyl (C=O) groups excluding carboxylic acids is 1. The molecule has 1 heterocycles. The monoisotopic (exact) mass is 298 g/mol. The molecule has 1 aromatic rings. The first-order valence-electron chi connectivity index (χ1n) is 5.62. The van der Waals surface area contributed by atoms with Crippen molar-refractivity contribution in [1.29, 1.82) is 0 Å². The number of carbonyl (C=O) groups is 1. The van der Waals surface area contributed by atoms with Crippen molar-refractivity contribution in [2.45, 2.75) is 32.4 Å². The third-order valence-corrected chi connectivity index (χ3v) is 2.20. The van der Waals surface area contributed by atoms with Gasteiger partial charge < -0.3 is 4.74 Å². The zero-order valence-corrected chi connectivity index (χ0v) is 10.4. The molecule has 0 amide bonds. The van der Waals surface area contributed by atoms with Crippen LogP contribution in [0.25, 0.3) is 0 Å². The molecule has 9 heteroatoms. The highest BCUT2D eigenvalue weighted by Crippen LogP contribution is 2.24. The summed E-state index contributed by atoms with van der Waals surface area (Å²) in [6, 6.07) is 0. The molecule has 0 bridgehead atoms. The average Bonchev–Trinajstić information content (AvgIpc) is 2.35. The van der Waals surface area contributed by atoms with Gasteiger partial charge in [-0.05, 0) is 6.92 Å². The quantitative estimate of drug-likeness (QED) is 0.619. The van der Waals surface area contributed by atoms with E-state index in [1.54, 1.807) is 0 Å². The van der Waals surface area contributed by atoms with E-state index in [1.165, 1.54) is 6.92 Å². The number of halogens is 5. The average molecular weight is 298 g/mol. The SMILES string of the molecule is CCOC(=O)c1cnc(CCC(F)(F)F)nc1C(F)F. The van der Waals surface area contributed by atoms with Crippen LogP contribution in [-0.4, -0.2) is 28.7 Å². The van der Waals surface area contributed by atoms with E-state index in [1.807, 2.05) is 0 Å². The van der Waals surface area contributed by atoms with Crippen LogP contribution in [0.4, 0.5) is 22.0 Å². The van der Waals surface area contributed by atoms with E-state index >= 15 is 0 Å². The number of hydrogen-bond donors (Lipinski definition) is 0. The molecule has 0 aliphatic rings. The summed E-state index contributed by atoms with van der Waals surface area (Å²) in [6.45, 7) is 1.45. The molecule has 0 radical (unpaired) electrons. The van der Waals surface area contributed by atoms with Crippen molar-refractivity contribution < 1.29 is 31.5 Å². The summed E-state index contributed by atoms with van der Waals surface area (Å²) >= 11 is 0. The van der Waals surface area contributed by atoms with Crippen molar-refractivity contribution in [3.63, 3.8) is 0 Å². The molecular formula is C11H11F5N2O2. The number of nitrogens with zero attached hydrogens (tertiary/aromatic N) is 2. The van der Waals surface area contributed by atoms with Gasteiger partial charge in [-0.3, -0.25) is 0 Å². The normalized spacial score (nSPS) is 11.8. The molecular weight excluding hydrogens is 287 g/mol. The van der Waals surface area contributed by atoms with Gasteiger partial charge in [0.25, 0.3) is 6.43 Å². The predicted octanol–water partition coefficient (Wildman–Crippen LogP) is 3.09. The van der Waals surface area contributed by atoms with Crippen molar-refractivity contribution in [3.8, 4) is 0 Å². The second kappa shape index (κ2) is 6.58. The summed E-state index contributed by atoms with van der Waals surface area (Å²) in [5, 5.41) is 0. The molecule has 0 N–H and O–H groups in total. The second-order valence-corrected chi connectivity index (χ2v) is 3.72. The Kier molecular flexibility index (Phi) is 5.34. The van der Waals surface area contributed by atoms with Crippen molar-refractivity contribution in [2.75, 3.05) is 6.61 Å². The molecule has 1 aromatic heterocycles. The van der Waals surface area contributed by atoms with Gasteiger partial charge in [0.05, 0.1) is 13.0 Å². The zero-order valence-electron chi connectivity index (χ0n) is 10.4. The Morgan fingerprint density at radius 1 is 1.40 bits per heavy atom. The second-order valence-electron chi connectivity index (χ2n) is 3.72. The third kappa shape index (κ3) is 4.71. The van der Waals surface area contributed by atoms with Gasteiger partial charge in [0.1, 0.15) is 17.1 Å². The maximum Gasteiger partial charge on any atom is 0.389 e. The molecule has 0 aliphatic heterocycles. The summed E-state index contributed by atoms with van der Waals surface area (Å²) in [4.78, 5) is 18.2. The van der Waals surface area contributed by atoms with E-state index in [2.05, 4.69) is 14.7 Å². The molecule has 0 saturated heterocycles. The van der Waals surface area contributed by atoms with E-state index in [4.69, 9.17) is 0 Å². The van der Waals surface area contributed by atoms with Crippen molar-refractivity contribution >= 4 is 5.97 Å². The molecule has 0 spiro atoms. The molecule has 0 atom stereocenters. The fraction of sp³-hybridized carbons (Fsp3) is 0.545. The minimum atomic E-state index is -4.44. The lowest BCUT2D eigenvalue weighted by Crippen LogP contribution is -2.15. The van der Waals surface area contributed by atoms with Gasteiger partial charge in [-0.2, -0.15) is 13.2 Å². The number of hydrogen-bond acceptors (Lipinski definition) is 4. The van der Waals surface area contributed by atoms with Crippen LogP contribution in [0, 0.1) is 0 Å². The van der Waals surface area contributed by atoms with Gasteiger partial charge in [-0.25, -0.2) is 23.5 Å². The smallest absolute Gasteiger partial charge is 0.389 e. The molecule has 0 aliphatic carbocycles. The van der Waals surface area contributed by atoms with Crippen molar-refractivity contribution in [1.82, 2.24) is 9.97 Å². The minimum absolute atomic E-state index is 0.0304. The standard InChI is InChI=1S/C11H11F5N2O2/c1-2-20-10(19)6-5-17-7(3-4-11(14,15)16)18-8(6)9(12)13/h5,9H,2-4H2,1H3. The lowest BCUT2D eigenvalue weighted by molar-refractivity contribution is -0.134. The molecule has 112 valence electrons. The van der Waals surface area contributed by atoms with Crippen LogP contribution < -0.4 is 0 Å². The number of esters is 1. The van der Waals surface area contributed by atoms with Crippen molar-refractivity contribution in [3.05, 3.63) is 23.3 Å². The van der Waals surface area contributed by atoms with Crippen LogP contribution in [0.1, 0.15) is 41.6 Å². The number of aromatic nitrogens is 2. The number of aryl methyl sites for hydroxylation is 1. The molecule has 0 unspecified atom stereocenters. The van der Waals surface area contributed by atoms with Gasteiger partial charge in [-0.1, -0.05) is 0 Å². The summed E-state index contributed by atoms with van der Waals surface area (Å²) in [5.74, 6) is -1.43. The van der Waals surface area contributed by atoms with Gasteiger partial charge in [0, 0.05) is 12.6 Å². The highest BCUT2D eigenvalue weighted by molar-refractivity contribution is 5.90. The first-order valence-corrected chi connectivity index (χ1v) is 5.62. The Morgan fingerprint density at radius 2 is 2.05 bits per heavy atom. The van der Waals surface area contributed by atoms with Crippen LogP contribution >= 0.6 is 0 Å². The van der Waals surface area contributed by atoms with Crippen LogP contribution in [0.15, 0.2) is 6.20 Å². The van der Waals surface area contributed by atoms with Gasteiger partial charge in [-0.15, -0.1) is 0 Å². The number of rotatable bonds is 5. The van der Waals surface area contributed by atoms with E-state index in [0.29, 0.717) is 0 Å². The van der Waals surface area contributed by atoms with Crippen LogP contribution in [0.3, 0.4) is 0 Å². The molecule has 0 fully saturated rings. The zero-order chi connectivity index (χ0) is 15.3. The minimum Gasteiger partial charge on any atom is -0.462 e. The van der Waals surface area contributed by atoms with Crippen LogP contribution in [0.2, 0.25) is 0 Å². The van der Waals surface area contributed by atoms with Gasteiger partial charge in [0.15, 0.2) is 0 Å². The van der Waals surface area contributed by atoms with E-state index in [9.17, 15) is 26.7 Å². The number of ether oxygens (including phenoxy) is 1. The highest BCUT2D eigenvalue weighted by Gasteiger charge is 2.28. The maximum absolute atomic E-state index is 12.8. The lowest BCUT2D eigenvalue weighted by Gasteiger charge is -2.09. The summed E-state index contributed by atoms with van der Waals surface area (Å²) in [5.41, 5.74) is -1.46. The summed E-state index contributed by atoms with van der Waals surface area (Å²) in [7, 11) is 0. The Morgan fingerprint density at radius 3 is 2.55 bits per heavy atom. The first kappa shape index (κ1) is 16.3. The van der Waals surface area contributed by atoms with Crippen LogP contribution in [-0.2, 0) is 11.2 Å². The third-order valence-electron chi connectivity index (χ3n) is 2.20. The van der Waals surface area contributed by atoms with E-state index < -0.39 is 48.5 Å². The predicted molar refractivity (Wildman–Crippen MR) is 57.3 cm³/mol. The molecule has 4 nitrogen and oxygen atoms in total. The fourth-order valence-corrected chi connectivity index (χ4v) is 1.34. The summed E-state index contributed by atoms with van der Waals surface area (Å²) < 4.78 is 66.2. The Balaban J connectivity index is 2.98. The number of alkyl halides is 5. The molecule has 20 heavy (non-hydrogen) atoms. The molecule has 0 aromatic carbocycles. The first-order chi connectivity index (χ1) is 9.24. The fourth-order valence-electron chi connectivity index (χ4n) is 1.34. The summed E-state index contributed by atoms with van der Waals surface area (Å²) in [6.07, 6.45) is -8.64. The molecule has 0 saturated carbocycles.